The molecule has 4 rings (SSSR count). The van der Waals surface area contributed by atoms with Crippen molar-refractivity contribution in [2.24, 2.45) is 0 Å². The van der Waals surface area contributed by atoms with Crippen LogP contribution in [-0.4, -0.2) is 54.8 Å². The van der Waals surface area contributed by atoms with E-state index in [0.29, 0.717) is 12.5 Å². The summed E-state index contributed by atoms with van der Waals surface area (Å²) in [5.74, 6) is -2.13. The number of sulfone groups is 1. The van der Waals surface area contributed by atoms with Gasteiger partial charge >= 0.3 is 0 Å². The fourth-order valence-corrected chi connectivity index (χ4v) is 4.97. The maximum atomic E-state index is 14.1. The van der Waals surface area contributed by atoms with Crippen LogP contribution in [0.4, 0.5) is 14.5 Å². The topological polar surface area (TPSA) is 82.3 Å². The van der Waals surface area contributed by atoms with Gasteiger partial charge in [-0.3, -0.25) is 9.69 Å². The zero-order valence-corrected chi connectivity index (χ0v) is 16.9. The lowest BCUT2D eigenvalue weighted by atomic mass is 10.0. The lowest BCUT2D eigenvalue weighted by Crippen LogP contribution is -2.51. The Morgan fingerprint density at radius 2 is 1.87 bits per heavy atom. The van der Waals surface area contributed by atoms with E-state index >= 15 is 0 Å². The van der Waals surface area contributed by atoms with Crippen LogP contribution in [0.1, 0.15) is 5.56 Å². The maximum Gasteiger partial charge on any atom is 0.242 e. The van der Waals surface area contributed by atoms with Gasteiger partial charge in [0.05, 0.1) is 23.2 Å². The van der Waals surface area contributed by atoms with Gasteiger partial charge in [0.15, 0.2) is 9.84 Å². The van der Waals surface area contributed by atoms with Crippen molar-refractivity contribution >= 4 is 32.3 Å². The van der Waals surface area contributed by atoms with Crippen LogP contribution in [0.2, 0.25) is 0 Å². The standard InChI is InChI=1S/C21H21F2N3O3S/c22-15-5-6-19(17(23)12-15)25-21(27)20(26-7-9-30(28,29)10-8-26)11-14-13-24-18-4-2-1-3-16(14)18/h1-6,12-13,20,24H,7-11H2,(H,25,27)/t20-/m0/s1. The molecular formula is C21H21F2N3O3S. The molecule has 0 saturated carbocycles. The molecule has 30 heavy (non-hydrogen) atoms. The van der Waals surface area contributed by atoms with Crippen molar-refractivity contribution in [3.63, 3.8) is 0 Å². The summed E-state index contributed by atoms with van der Waals surface area (Å²) in [7, 11) is -3.12. The molecule has 158 valence electrons. The molecule has 9 heteroatoms. The summed E-state index contributed by atoms with van der Waals surface area (Å²) in [6, 6.07) is 9.91. The molecule has 6 nitrogen and oxygen atoms in total. The van der Waals surface area contributed by atoms with Gasteiger partial charge in [-0.1, -0.05) is 18.2 Å². The number of halogens is 2. The highest BCUT2D eigenvalue weighted by molar-refractivity contribution is 7.91. The first-order valence-corrected chi connectivity index (χ1v) is 11.4. The van der Waals surface area contributed by atoms with Crippen LogP contribution < -0.4 is 5.32 Å². The molecule has 1 atom stereocenters. The third-order valence-corrected chi connectivity index (χ3v) is 7.01. The summed E-state index contributed by atoms with van der Waals surface area (Å²) < 4.78 is 50.9. The van der Waals surface area contributed by atoms with Crippen LogP contribution >= 0.6 is 0 Å². The fourth-order valence-electron chi connectivity index (χ4n) is 3.74. The molecule has 1 saturated heterocycles. The van der Waals surface area contributed by atoms with Gasteiger partial charge in [0.25, 0.3) is 0 Å². The van der Waals surface area contributed by atoms with Gasteiger partial charge in [0, 0.05) is 36.3 Å². The molecule has 3 aromatic rings. The van der Waals surface area contributed by atoms with E-state index in [1.807, 2.05) is 30.5 Å². The van der Waals surface area contributed by atoms with Crippen molar-refractivity contribution in [2.45, 2.75) is 12.5 Å². The second-order valence-corrected chi connectivity index (χ2v) is 9.68. The van der Waals surface area contributed by atoms with Crippen LogP contribution in [0.5, 0.6) is 0 Å². The van der Waals surface area contributed by atoms with Crippen molar-refractivity contribution in [1.29, 1.82) is 0 Å². The third-order valence-electron chi connectivity index (χ3n) is 5.40. The molecule has 2 N–H and O–H groups in total. The van der Waals surface area contributed by atoms with E-state index in [1.165, 1.54) is 6.07 Å². The molecule has 0 aliphatic carbocycles. The highest BCUT2D eigenvalue weighted by Crippen LogP contribution is 2.23. The van der Waals surface area contributed by atoms with E-state index in [4.69, 9.17) is 0 Å². The summed E-state index contributed by atoms with van der Waals surface area (Å²) in [6.07, 6.45) is 2.14. The Bertz CT molecular complexity index is 1180. The zero-order chi connectivity index (χ0) is 21.3. The Hall–Kier alpha value is -2.78. The number of fused-ring (bicyclic) bond motifs is 1. The number of hydrogen-bond donors (Lipinski definition) is 2. The largest absolute Gasteiger partial charge is 0.361 e. The Balaban J connectivity index is 1.61. The number of H-pyrrole nitrogens is 1. The quantitative estimate of drug-likeness (QED) is 0.648. The average Bonchev–Trinajstić information content (AvgIpc) is 3.11. The Kier molecular flexibility index (Phi) is 5.57. The lowest BCUT2D eigenvalue weighted by molar-refractivity contribution is -0.121. The Morgan fingerprint density at radius 1 is 1.13 bits per heavy atom. The summed E-state index contributed by atoms with van der Waals surface area (Å²) in [5.41, 5.74) is 1.71. The molecule has 1 aliphatic rings. The molecule has 0 radical (unpaired) electrons. The first kappa shape index (κ1) is 20.5. The Morgan fingerprint density at radius 3 is 2.60 bits per heavy atom. The summed E-state index contributed by atoms with van der Waals surface area (Å²) in [4.78, 5) is 18.1. The molecule has 0 spiro atoms. The van der Waals surface area contributed by atoms with Gasteiger partial charge in [-0.05, 0) is 30.2 Å². The average molecular weight is 433 g/mol. The highest BCUT2D eigenvalue weighted by atomic mass is 32.2. The van der Waals surface area contributed by atoms with Crippen LogP contribution in [-0.2, 0) is 21.1 Å². The first-order valence-electron chi connectivity index (χ1n) is 9.58. The van der Waals surface area contributed by atoms with Crippen molar-refractivity contribution in [1.82, 2.24) is 9.88 Å². The van der Waals surface area contributed by atoms with Crippen LogP contribution in [0.3, 0.4) is 0 Å². The number of aromatic amines is 1. The fraction of sp³-hybridized carbons (Fsp3) is 0.286. The molecule has 1 fully saturated rings. The van der Waals surface area contributed by atoms with Crippen molar-refractivity contribution in [3.05, 3.63) is 65.9 Å². The van der Waals surface area contributed by atoms with Crippen molar-refractivity contribution in [3.8, 4) is 0 Å². The number of rotatable bonds is 5. The van der Waals surface area contributed by atoms with Crippen LogP contribution in [0, 0.1) is 11.6 Å². The number of para-hydroxylation sites is 1. The predicted octanol–water partition coefficient (Wildman–Crippen LogP) is 2.73. The number of benzene rings is 2. The monoisotopic (exact) mass is 433 g/mol. The number of nitrogens with zero attached hydrogens (tertiary/aromatic N) is 1. The summed E-state index contributed by atoms with van der Waals surface area (Å²) in [5, 5.41) is 3.50. The van der Waals surface area contributed by atoms with E-state index in [1.54, 1.807) is 4.90 Å². The molecule has 2 heterocycles. The van der Waals surface area contributed by atoms with Gasteiger partial charge in [-0.2, -0.15) is 0 Å². The van der Waals surface area contributed by atoms with Gasteiger partial charge in [0.1, 0.15) is 11.6 Å². The number of amides is 1. The van der Waals surface area contributed by atoms with Gasteiger partial charge in [-0.25, -0.2) is 17.2 Å². The van der Waals surface area contributed by atoms with E-state index in [9.17, 15) is 22.0 Å². The normalized spacial score (nSPS) is 17.7. The number of carbonyl (C=O) groups is 1. The number of aromatic nitrogens is 1. The minimum Gasteiger partial charge on any atom is -0.361 e. The van der Waals surface area contributed by atoms with Gasteiger partial charge < -0.3 is 10.3 Å². The lowest BCUT2D eigenvalue weighted by Gasteiger charge is -2.33. The molecule has 1 aliphatic heterocycles. The predicted molar refractivity (Wildman–Crippen MR) is 111 cm³/mol. The van der Waals surface area contributed by atoms with E-state index in [-0.39, 0.29) is 30.3 Å². The minimum absolute atomic E-state index is 0.0322. The van der Waals surface area contributed by atoms with Gasteiger partial charge in [0.2, 0.25) is 5.91 Å². The molecule has 1 aromatic heterocycles. The number of hydrogen-bond acceptors (Lipinski definition) is 4. The summed E-state index contributed by atoms with van der Waals surface area (Å²) >= 11 is 0. The number of carbonyl (C=O) groups excluding carboxylic acids is 1. The SMILES string of the molecule is O=C(Nc1ccc(F)cc1F)[C@H](Cc1c[nH]c2ccccc12)N1CCS(=O)(=O)CC1. The van der Waals surface area contributed by atoms with E-state index in [0.717, 1.165) is 22.5 Å². The summed E-state index contributed by atoms with van der Waals surface area (Å²) in [6.45, 7) is 0.434. The minimum atomic E-state index is -3.12. The Labute approximate surface area is 172 Å². The van der Waals surface area contributed by atoms with E-state index < -0.39 is 33.4 Å². The first-order chi connectivity index (χ1) is 14.3. The molecule has 2 aromatic carbocycles. The third kappa shape index (κ3) is 4.36. The maximum absolute atomic E-state index is 14.1. The molecule has 0 bridgehead atoms. The van der Waals surface area contributed by atoms with E-state index in [2.05, 4.69) is 10.3 Å². The van der Waals surface area contributed by atoms with Crippen molar-refractivity contribution in [2.75, 3.05) is 29.9 Å². The van der Waals surface area contributed by atoms with Crippen molar-refractivity contribution < 1.29 is 22.0 Å². The molecular weight excluding hydrogens is 412 g/mol. The molecule has 1 amide bonds. The second-order valence-electron chi connectivity index (χ2n) is 7.38. The number of anilines is 1. The smallest absolute Gasteiger partial charge is 0.242 e. The van der Waals surface area contributed by atoms with Crippen LogP contribution in [0.15, 0.2) is 48.7 Å². The highest BCUT2D eigenvalue weighted by Gasteiger charge is 2.32. The zero-order valence-electron chi connectivity index (χ0n) is 16.1. The second kappa shape index (κ2) is 8.16. The van der Waals surface area contributed by atoms with Crippen LogP contribution in [0.25, 0.3) is 10.9 Å². The number of nitrogens with one attached hydrogen (secondary N) is 2. The molecule has 0 unspecified atom stereocenters. The van der Waals surface area contributed by atoms with Gasteiger partial charge in [-0.15, -0.1) is 0 Å².